The maximum absolute atomic E-state index is 5.84. The Morgan fingerprint density at radius 1 is 1.31 bits per heavy atom. The van der Waals surface area contributed by atoms with Crippen molar-refractivity contribution in [2.75, 3.05) is 13.2 Å². The number of hydrogen-bond donors (Lipinski definition) is 1. The molecule has 2 N–H and O–H groups in total. The van der Waals surface area contributed by atoms with Crippen LogP contribution in [0, 0.1) is 0 Å². The average Bonchev–Trinajstić information content (AvgIpc) is 2.60. The lowest BCUT2D eigenvalue weighted by Crippen LogP contribution is -2.42. The molecule has 1 atom stereocenters. The number of aliphatic imine (C=N–C) groups is 1. The Kier molecular flexibility index (Phi) is 1.90. The van der Waals surface area contributed by atoms with Crippen molar-refractivity contribution in [2.45, 2.75) is 12.0 Å². The van der Waals surface area contributed by atoms with Gasteiger partial charge >= 0.3 is 0 Å². The van der Waals surface area contributed by atoms with Crippen molar-refractivity contribution in [3.05, 3.63) is 23.8 Å². The first-order valence-electron chi connectivity index (χ1n) is 5.17. The number of benzene rings is 1. The van der Waals surface area contributed by atoms with Gasteiger partial charge in [0.15, 0.2) is 0 Å². The number of hydrogen-bond acceptors (Lipinski definition) is 4. The first-order chi connectivity index (χ1) is 7.69. The van der Waals surface area contributed by atoms with Crippen molar-refractivity contribution < 1.29 is 9.47 Å². The first-order valence-corrected chi connectivity index (χ1v) is 5.17. The summed E-state index contributed by atoms with van der Waals surface area (Å²) in [5.74, 6) is 0.772. The number of amidine groups is 1. The largest absolute Gasteiger partial charge is 0.491 e. The fraction of sp³-hybridized carbons (Fsp3) is 0.364. The molecule has 0 fully saturated rings. The maximum atomic E-state index is 5.84. The Balaban J connectivity index is 1.98. The Labute approximate surface area is 94.9 Å². The number of nitrogens with two attached hydrogens (primary N) is 1. The second-order valence-corrected chi connectivity index (χ2v) is 4.26. The van der Waals surface area contributed by atoms with Crippen LogP contribution in [-0.4, -0.2) is 32.6 Å². The van der Waals surface area contributed by atoms with E-state index in [0.717, 1.165) is 17.7 Å². The van der Waals surface area contributed by atoms with E-state index in [2.05, 4.69) is 4.99 Å². The predicted octanol–water partition coefficient (Wildman–Crippen LogP) is -0.501. The van der Waals surface area contributed by atoms with Crippen LogP contribution in [0.4, 0.5) is 0 Å². The zero-order valence-electron chi connectivity index (χ0n) is 8.77. The molecule has 1 unspecified atom stereocenters. The summed E-state index contributed by atoms with van der Waals surface area (Å²) in [4.78, 5) is 4.31. The average molecular weight is 214 g/mol. The normalized spacial score (nSPS) is 26.9. The Morgan fingerprint density at radius 2 is 2.12 bits per heavy atom. The summed E-state index contributed by atoms with van der Waals surface area (Å²) in [5.41, 5.74) is 6.91. The van der Waals surface area contributed by atoms with Gasteiger partial charge in [-0.25, -0.2) is 4.99 Å². The van der Waals surface area contributed by atoms with Gasteiger partial charge in [-0.05, 0) is 5.56 Å². The zero-order chi connectivity index (χ0) is 11.2. The van der Waals surface area contributed by atoms with E-state index < -0.39 is 0 Å². The molecular weight excluding hydrogens is 203 g/mol. The number of nitrogens with zero attached hydrogens (tertiary/aromatic N) is 1. The second-order valence-electron chi connectivity index (χ2n) is 4.26. The van der Waals surface area contributed by atoms with E-state index in [1.54, 1.807) is 0 Å². The molecule has 0 aromatic heterocycles. The molecule has 2 aliphatic heterocycles. The molecule has 1 spiro atoms. The summed E-state index contributed by atoms with van der Waals surface area (Å²) in [6, 6.07) is 5.99. The van der Waals surface area contributed by atoms with Crippen molar-refractivity contribution in [3.8, 4) is 5.75 Å². The third kappa shape index (κ3) is 1.35. The molecule has 0 saturated heterocycles. The molecule has 16 heavy (non-hydrogen) atoms. The van der Waals surface area contributed by atoms with Crippen molar-refractivity contribution in [1.82, 2.24) is 0 Å². The molecule has 1 aromatic carbocycles. The molecule has 0 saturated carbocycles. The summed E-state index contributed by atoms with van der Waals surface area (Å²) in [7, 11) is 5.84. The molecule has 2 heterocycles. The highest BCUT2D eigenvalue weighted by atomic mass is 16.5. The summed E-state index contributed by atoms with van der Waals surface area (Å²) in [6.45, 7) is 0.946. The minimum absolute atomic E-state index is 0.246. The van der Waals surface area contributed by atoms with Crippen molar-refractivity contribution in [3.63, 3.8) is 0 Å². The SMILES string of the molecule is [B]c1cccc2c1OCC1(COC(N)=N1)C2. The smallest absolute Gasteiger partial charge is 0.282 e. The third-order valence-electron chi connectivity index (χ3n) is 2.97. The minimum atomic E-state index is -0.356. The lowest BCUT2D eigenvalue weighted by atomic mass is 9.85. The van der Waals surface area contributed by atoms with Crippen LogP contribution in [0.5, 0.6) is 5.75 Å². The number of rotatable bonds is 0. The van der Waals surface area contributed by atoms with E-state index in [-0.39, 0.29) is 11.6 Å². The Morgan fingerprint density at radius 3 is 2.88 bits per heavy atom. The van der Waals surface area contributed by atoms with Crippen LogP contribution in [0.2, 0.25) is 0 Å². The van der Waals surface area contributed by atoms with Crippen LogP contribution in [0.1, 0.15) is 5.56 Å². The molecule has 0 aliphatic carbocycles. The number of ether oxygens (including phenoxy) is 2. The maximum Gasteiger partial charge on any atom is 0.282 e. The van der Waals surface area contributed by atoms with Crippen molar-refractivity contribution in [1.29, 1.82) is 0 Å². The van der Waals surface area contributed by atoms with Gasteiger partial charge in [0, 0.05) is 6.42 Å². The molecule has 3 rings (SSSR count). The van der Waals surface area contributed by atoms with Crippen molar-refractivity contribution >= 4 is 19.3 Å². The van der Waals surface area contributed by atoms with Gasteiger partial charge in [0.1, 0.15) is 32.3 Å². The molecule has 80 valence electrons. The van der Waals surface area contributed by atoms with Crippen LogP contribution in [0.25, 0.3) is 0 Å². The third-order valence-corrected chi connectivity index (χ3v) is 2.97. The lowest BCUT2D eigenvalue weighted by molar-refractivity contribution is 0.154. The van der Waals surface area contributed by atoms with Gasteiger partial charge in [-0.1, -0.05) is 23.7 Å². The molecule has 2 radical (unpaired) electrons. The molecule has 0 amide bonds. The summed E-state index contributed by atoms with van der Waals surface area (Å²) >= 11 is 0. The highest BCUT2D eigenvalue weighted by molar-refractivity contribution is 6.34. The van der Waals surface area contributed by atoms with Gasteiger partial charge in [-0.15, -0.1) is 0 Å². The second kappa shape index (κ2) is 3.17. The standard InChI is InChI=1S/C11H11BN2O2/c12-8-3-1-2-7-4-11(5-15-9(7)8)6-16-10(13)14-11/h1-3H,4-6H2,(H2,13,14). The van der Waals surface area contributed by atoms with E-state index in [4.69, 9.17) is 23.1 Å². The van der Waals surface area contributed by atoms with Crippen LogP contribution in [0.15, 0.2) is 23.2 Å². The fourth-order valence-corrected chi connectivity index (χ4v) is 2.20. The topological polar surface area (TPSA) is 56.8 Å². The quantitative estimate of drug-likeness (QED) is 0.592. The number of para-hydroxylation sites is 1. The molecule has 1 aromatic rings. The van der Waals surface area contributed by atoms with E-state index in [1.165, 1.54) is 0 Å². The molecule has 0 bridgehead atoms. The van der Waals surface area contributed by atoms with E-state index in [1.807, 2.05) is 18.2 Å². The Bertz CT molecular complexity index is 475. The summed E-state index contributed by atoms with van der Waals surface area (Å²) < 4.78 is 10.9. The predicted molar refractivity (Wildman–Crippen MR) is 61.3 cm³/mol. The van der Waals surface area contributed by atoms with Crippen LogP contribution in [0.3, 0.4) is 0 Å². The van der Waals surface area contributed by atoms with Crippen molar-refractivity contribution in [2.24, 2.45) is 10.7 Å². The minimum Gasteiger partial charge on any atom is -0.491 e. The Hall–Kier alpha value is -1.65. The van der Waals surface area contributed by atoms with Gasteiger partial charge < -0.3 is 15.2 Å². The fourth-order valence-electron chi connectivity index (χ4n) is 2.20. The summed E-state index contributed by atoms with van der Waals surface area (Å²) in [6.07, 6.45) is 0.758. The van der Waals surface area contributed by atoms with Crippen LogP contribution in [-0.2, 0) is 11.2 Å². The van der Waals surface area contributed by atoms with Crippen LogP contribution < -0.4 is 15.9 Å². The lowest BCUT2D eigenvalue weighted by Gasteiger charge is -2.31. The monoisotopic (exact) mass is 214 g/mol. The first kappa shape index (κ1) is 9.57. The van der Waals surface area contributed by atoms with Gasteiger partial charge in [-0.2, -0.15) is 0 Å². The molecule has 2 aliphatic rings. The zero-order valence-corrected chi connectivity index (χ0v) is 8.77. The van der Waals surface area contributed by atoms with Gasteiger partial charge in [-0.3, -0.25) is 0 Å². The van der Waals surface area contributed by atoms with Crippen LogP contribution >= 0.6 is 0 Å². The van der Waals surface area contributed by atoms with E-state index >= 15 is 0 Å². The molecule has 4 nitrogen and oxygen atoms in total. The van der Waals surface area contributed by atoms with Gasteiger partial charge in [0.25, 0.3) is 6.02 Å². The highest BCUT2D eigenvalue weighted by Gasteiger charge is 2.41. The van der Waals surface area contributed by atoms with E-state index in [9.17, 15) is 0 Å². The number of fused-ring (bicyclic) bond motifs is 1. The molecular formula is C11H11BN2O2. The highest BCUT2D eigenvalue weighted by Crippen LogP contribution is 2.32. The van der Waals surface area contributed by atoms with Gasteiger partial charge in [0.05, 0.1) is 0 Å². The van der Waals surface area contributed by atoms with E-state index in [0.29, 0.717) is 18.7 Å². The summed E-state index contributed by atoms with van der Waals surface area (Å²) in [5, 5.41) is 0. The van der Waals surface area contributed by atoms with Gasteiger partial charge in [0.2, 0.25) is 0 Å². The molecule has 5 heteroatoms.